The van der Waals surface area contributed by atoms with Gasteiger partial charge in [0.25, 0.3) is 5.91 Å². The van der Waals surface area contributed by atoms with Crippen LogP contribution >= 0.6 is 0 Å². The molecule has 0 aromatic heterocycles. The molecule has 2 heteroatoms. The Kier molecular flexibility index (Phi) is 2.28. The van der Waals surface area contributed by atoms with Crippen LogP contribution in [-0.4, -0.2) is 5.91 Å². The SMILES string of the molecule is CCC(C)c1ccc2c(c1)C(=O)NC2. The average Bonchev–Trinajstić information content (AvgIpc) is 2.59. The Morgan fingerprint density at radius 2 is 2.29 bits per heavy atom. The number of hydrogen-bond donors (Lipinski definition) is 1. The average molecular weight is 189 g/mol. The Labute approximate surface area is 84.3 Å². The van der Waals surface area contributed by atoms with Crippen LogP contribution in [0, 0.1) is 0 Å². The van der Waals surface area contributed by atoms with E-state index in [0.717, 1.165) is 17.5 Å². The molecule has 2 rings (SSSR count). The summed E-state index contributed by atoms with van der Waals surface area (Å²) >= 11 is 0. The summed E-state index contributed by atoms with van der Waals surface area (Å²) in [5, 5.41) is 2.83. The Hall–Kier alpha value is -1.31. The first-order chi connectivity index (χ1) is 6.72. The lowest BCUT2D eigenvalue weighted by Crippen LogP contribution is -2.12. The van der Waals surface area contributed by atoms with Crippen molar-refractivity contribution in [2.75, 3.05) is 0 Å². The van der Waals surface area contributed by atoms with Gasteiger partial charge in [-0.25, -0.2) is 0 Å². The number of hydrogen-bond acceptors (Lipinski definition) is 1. The van der Waals surface area contributed by atoms with E-state index in [9.17, 15) is 4.79 Å². The van der Waals surface area contributed by atoms with Crippen molar-refractivity contribution >= 4 is 5.91 Å². The molecule has 1 N–H and O–H groups in total. The lowest BCUT2D eigenvalue weighted by molar-refractivity contribution is 0.0965. The maximum absolute atomic E-state index is 11.4. The summed E-state index contributed by atoms with van der Waals surface area (Å²) in [4.78, 5) is 11.4. The highest BCUT2D eigenvalue weighted by Crippen LogP contribution is 2.23. The lowest BCUT2D eigenvalue weighted by Gasteiger charge is -2.09. The van der Waals surface area contributed by atoms with Crippen molar-refractivity contribution in [2.24, 2.45) is 0 Å². The number of fused-ring (bicyclic) bond motifs is 1. The first-order valence-corrected chi connectivity index (χ1v) is 5.13. The maximum atomic E-state index is 11.4. The lowest BCUT2D eigenvalue weighted by atomic mass is 9.95. The molecule has 1 unspecified atom stereocenters. The molecule has 1 amide bonds. The first kappa shape index (κ1) is 9.25. The molecule has 2 nitrogen and oxygen atoms in total. The Morgan fingerprint density at radius 3 is 3.00 bits per heavy atom. The molecule has 0 radical (unpaired) electrons. The molecule has 1 atom stereocenters. The maximum Gasteiger partial charge on any atom is 0.251 e. The van der Waals surface area contributed by atoms with Gasteiger partial charge in [-0.15, -0.1) is 0 Å². The van der Waals surface area contributed by atoms with Crippen molar-refractivity contribution in [3.63, 3.8) is 0 Å². The molecule has 1 aliphatic rings. The summed E-state index contributed by atoms with van der Waals surface area (Å²) in [6.07, 6.45) is 1.11. The van der Waals surface area contributed by atoms with Crippen molar-refractivity contribution in [1.29, 1.82) is 0 Å². The fourth-order valence-electron chi connectivity index (χ4n) is 1.77. The van der Waals surface area contributed by atoms with Crippen molar-refractivity contribution in [3.05, 3.63) is 34.9 Å². The summed E-state index contributed by atoms with van der Waals surface area (Å²) in [5.74, 6) is 0.610. The van der Waals surface area contributed by atoms with E-state index >= 15 is 0 Å². The highest BCUT2D eigenvalue weighted by atomic mass is 16.1. The quantitative estimate of drug-likeness (QED) is 0.760. The van der Waals surface area contributed by atoms with Crippen molar-refractivity contribution in [1.82, 2.24) is 5.32 Å². The van der Waals surface area contributed by atoms with Gasteiger partial charge in [0.1, 0.15) is 0 Å². The molecule has 1 aromatic rings. The van der Waals surface area contributed by atoms with Gasteiger partial charge in [-0.05, 0) is 29.5 Å². The van der Waals surface area contributed by atoms with Crippen LogP contribution in [0.25, 0.3) is 0 Å². The van der Waals surface area contributed by atoms with Gasteiger partial charge in [0, 0.05) is 12.1 Å². The van der Waals surface area contributed by atoms with Gasteiger partial charge in [-0.3, -0.25) is 4.79 Å². The number of benzene rings is 1. The summed E-state index contributed by atoms with van der Waals surface area (Å²) in [6.45, 7) is 5.04. The third-order valence-corrected chi connectivity index (χ3v) is 3.00. The van der Waals surface area contributed by atoms with Crippen LogP contribution < -0.4 is 5.32 Å². The molecular weight excluding hydrogens is 174 g/mol. The van der Waals surface area contributed by atoms with E-state index in [1.54, 1.807) is 0 Å². The number of nitrogens with one attached hydrogen (secondary N) is 1. The van der Waals surface area contributed by atoms with Gasteiger partial charge >= 0.3 is 0 Å². The summed E-state index contributed by atoms with van der Waals surface area (Å²) in [5.41, 5.74) is 3.26. The van der Waals surface area contributed by atoms with E-state index in [1.165, 1.54) is 5.56 Å². The summed E-state index contributed by atoms with van der Waals surface area (Å²) in [6, 6.07) is 6.23. The van der Waals surface area contributed by atoms with E-state index in [4.69, 9.17) is 0 Å². The molecule has 0 saturated carbocycles. The van der Waals surface area contributed by atoms with Crippen LogP contribution in [0.2, 0.25) is 0 Å². The van der Waals surface area contributed by atoms with Gasteiger partial charge < -0.3 is 5.32 Å². The Balaban J connectivity index is 2.39. The fraction of sp³-hybridized carbons (Fsp3) is 0.417. The zero-order chi connectivity index (χ0) is 10.1. The molecule has 0 saturated heterocycles. The number of amides is 1. The second-order valence-corrected chi connectivity index (χ2v) is 3.91. The molecule has 0 fully saturated rings. The van der Waals surface area contributed by atoms with Crippen LogP contribution in [0.3, 0.4) is 0 Å². The predicted molar refractivity (Wildman–Crippen MR) is 56.3 cm³/mol. The second kappa shape index (κ2) is 3.45. The molecule has 14 heavy (non-hydrogen) atoms. The van der Waals surface area contributed by atoms with Crippen molar-refractivity contribution in [3.8, 4) is 0 Å². The van der Waals surface area contributed by atoms with Gasteiger partial charge in [-0.2, -0.15) is 0 Å². The predicted octanol–water partition coefficient (Wildman–Crippen LogP) is 2.44. The van der Waals surface area contributed by atoms with E-state index in [1.807, 2.05) is 6.07 Å². The third-order valence-electron chi connectivity index (χ3n) is 3.00. The normalized spacial score (nSPS) is 16.3. The van der Waals surface area contributed by atoms with E-state index in [0.29, 0.717) is 12.5 Å². The second-order valence-electron chi connectivity index (χ2n) is 3.91. The Bertz CT molecular complexity index is 371. The summed E-state index contributed by atoms with van der Waals surface area (Å²) in [7, 11) is 0. The van der Waals surface area contributed by atoms with Gasteiger partial charge in [-0.1, -0.05) is 26.0 Å². The number of carbonyl (C=O) groups excluding carboxylic acids is 1. The molecule has 1 heterocycles. The fourth-order valence-corrected chi connectivity index (χ4v) is 1.77. The molecule has 0 spiro atoms. The van der Waals surface area contributed by atoms with Gasteiger partial charge in [0.15, 0.2) is 0 Å². The van der Waals surface area contributed by atoms with Crippen LogP contribution in [0.1, 0.15) is 47.7 Å². The molecule has 74 valence electrons. The third kappa shape index (κ3) is 1.41. The van der Waals surface area contributed by atoms with E-state index in [-0.39, 0.29) is 5.91 Å². The topological polar surface area (TPSA) is 29.1 Å². The first-order valence-electron chi connectivity index (χ1n) is 5.13. The van der Waals surface area contributed by atoms with Crippen molar-refractivity contribution < 1.29 is 4.79 Å². The van der Waals surface area contributed by atoms with Crippen LogP contribution in [-0.2, 0) is 6.54 Å². The summed E-state index contributed by atoms with van der Waals surface area (Å²) < 4.78 is 0. The van der Waals surface area contributed by atoms with Gasteiger partial charge in [0.05, 0.1) is 0 Å². The van der Waals surface area contributed by atoms with Crippen LogP contribution in [0.5, 0.6) is 0 Å². The minimum absolute atomic E-state index is 0.0742. The highest BCUT2D eigenvalue weighted by molar-refractivity contribution is 5.98. The van der Waals surface area contributed by atoms with E-state index < -0.39 is 0 Å². The monoisotopic (exact) mass is 189 g/mol. The van der Waals surface area contributed by atoms with E-state index in [2.05, 4.69) is 31.3 Å². The largest absolute Gasteiger partial charge is 0.348 e. The molecule has 1 aromatic carbocycles. The standard InChI is InChI=1S/C12H15NO/c1-3-8(2)9-4-5-10-7-13-12(14)11(10)6-9/h4-6,8H,3,7H2,1-2H3,(H,13,14). The van der Waals surface area contributed by atoms with Crippen LogP contribution in [0.15, 0.2) is 18.2 Å². The molecule has 0 aliphatic carbocycles. The highest BCUT2D eigenvalue weighted by Gasteiger charge is 2.19. The van der Waals surface area contributed by atoms with Gasteiger partial charge in [0.2, 0.25) is 0 Å². The Morgan fingerprint density at radius 1 is 1.50 bits per heavy atom. The zero-order valence-corrected chi connectivity index (χ0v) is 8.63. The van der Waals surface area contributed by atoms with Crippen molar-refractivity contribution in [2.45, 2.75) is 32.7 Å². The number of carbonyl (C=O) groups is 1. The molecule has 0 bridgehead atoms. The number of rotatable bonds is 2. The molecular formula is C12H15NO. The zero-order valence-electron chi connectivity index (χ0n) is 8.63. The smallest absolute Gasteiger partial charge is 0.251 e. The molecule has 1 aliphatic heterocycles. The van der Waals surface area contributed by atoms with Crippen LogP contribution in [0.4, 0.5) is 0 Å². The minimum atomic E-state index is 0.0742. The minimum Gasteiger partial charge on any atom is -0.348 e.